The van der Waals surface area contributed by atoms with Crippen LogP contribution in [0.1, 0.15) is 20.3 Å². The summed E-state index contributed by atoms with van der Waals surface area (Å²) in [6, 6.07) is 3.47. The molecule has 6 N–H and O–H groups in total. The smallest absolute Gasteiger partial charge is 0.476 e. The lowest BCUT2D eigenvalue weighted by Gasteiger charge is -2.25. The van der Waals surface area contributed by atoms with Gasteiger partial charge in [-0.05, 0) is 24.0 Å². The van der Waals surface area contributed by atoms with Gasteiger partial charge in [-0.1, -0.05) is 6.92 Å². The molecular formula is C11H20N4O5S. The molecule has 2 unspecified atom stereocenters. The van der Waals surface area contributed by atoms with E-state index < -0.39 is 10.4 Å². The van der Waals surface area contributed by atoms with Gasteiger partial charge in [-0.3, -0.25) is 4.55 Å². The third kappa shape index (κ3) is 3.65. The van der Waals surface area contributed by atoms with E-state index in [9.17, 15) is 8.42 Å². The van der Waals surface area contributed by atoms with Crippen LogP contribution in [0.25, 0.3) is 0 Å². The summed E-state index contributed by atoms with van der Waals surface area (Å²) in [6.45, 7) is 5.16. The van der Waals surface area contributed by atoms with Crippen LogP contribution in [0.5, 0.6) is 0 Å². The summed E-state index contributed by atoms with van der Waals surface area (Å²) in [5, 5.41) is 0. The molecule has 1 aromatic rings. The highest BCUT2D eigenvalue weighted by Crippen LogP contribution is 2.30. The number of hydrogen-bond donors (Lipinski definition) is 3. The lowest BCUT2D eigenvalue weighted by Crippen LogP contribution is -2.50. The van der Waals surface area contributed by atoms with E-state index in [-0.39, 0.29) is 17.1 Å². The monoisotopic (exact) mass is 320 g/mol. The van der Waals surface area contributed by atoms with Crippen LogP contribution >= 0.6 is 0 Å². The zero-order valence-corrected chi connectivity index (χ0v) is 12.6. The van der Waals surface area contributed by atoms with E-state index in [0.717, 1.165) is 18.7 Å². The minimum Gasteiger partial charge on any atom is -0.870 e. The molecule has 2 rings (SSSR count). The number of nitrogens with two attached hydrogens (primary N) is 2. The Balaban J connectivity index is 0.00000220. The lowest BCUT2D eigenvalue weighted by molar-refractivity contribution is -0.833. The minimum absolute atomic E-state index is 0. The Hall–Kier alpha value is -1.78. The number of aromatic nitrogens is 1. The Morgan fingerprint density at radius 3 is 2.24 bits per heavy atom. The Labute approximate surface area is 123 Å². The second-order valence-electron chi connectivity index (χ2n) is 5.06. The number of nitrogens with zero attached hydrogens (tertiary/aromatic N) is 2. The normalized spacial score (nSPS) is 22.0. The Morgan fingerprint density at radius 2 is 1.86 bits per heavy atom. The first-order valence-electron chi connectivity index (χ1n) is 6.24. The van der Waals surface area contributed by atoms with Crippen LogP contribution in [0.15, 0.2) is 12.1 Å². The van der Waals surface area contributed by atoms with Gasteiger partial charge in [-0.25, -0.2) is 4.28 Å². The molecule has 0 saturated carbocycles. The van der Waals surface area contributed by atoms with E-state index in [1.54, 1.807) is 12.1 Å². The van der Waals surface area contributed by atoms with Crippen LogP contribution in [-0.2, 0) is 10.4 Å². The topological polar surface area (TPSA) is 153 Å². The van der Waals surface area contributed by atoms with Gasteiger partial charge in [0.2, 0.25) is 0 Å². The lowest BCUT2D eigenvalue weighted by atomic mass is 10.1. The third-order valence-corrected chi connectivity index (χ3v) is 4.04. The summed E-state index contributed by atoms with van der Waals surface area (Å²) < 4.78 is 35.1. The molecule has 0 spiro atoms. The molecule has 0 radical (unpaired) electrons. The van der Waals surface area contributed by atoms with Gasteiger partial charge in [0.1, 0.15) is 0 Å². The van der Waals surface area contributed by atoms with E-state index in [4.69, 9.17) is 16.0 Å². The van der Waals surface area contributed by atoms with Crippen LogP contribution in [0.4, 0.5) is 17.3 Å². The van der Waals surface area contributed by atoms with Gasteiger partial charge in [0.25, 0.3) is 11.6 Å². The zero-order chi connectivity index (χ0) is 15.1. The Kier molecular flexibility index (Phi) is 4.87. The first-order valence-corrected chi connectivity index (χ1v) is 7.60. The van der Waals surface area contributed by atoms with Crippen molar-refractivity contribution < 1.29 is 27.5 Å². The van der Waals surface area contributed by atoms with E-state index in [2.05, 4.69) is 23.0 Å². The highest BCUT2D eigenvalue weighted by molar-refractivity contribution is 7.80. The van der Waals surface area contributed by atoms with Crippen LogP contribution in [-0.4, -0.2) is 31.0 Å². The number of rotatable bonds is 3. The highest BCUT2D eigenvalue weighted by atomic mass is 32.3. The molecule has 9 nitrogen and oxygen atoms in total. The average molecular weight is 320 g/mol. The standard InChI is InChI=1S/C11H18N4O4S.H2O/c1-7-3-4-14(8(7)2)9-5-10(12)15(11(13)6-9)19-20(16,17)18;/h5-8H,3-4H2,1-2H3,(H4,12,13,16,17,18);1H2. The molecule has 1 aliphatic heterocycles. The first kappa shape index (κ1) is 17.3. The molecule has 0 bridgehead atoms. The predicted molar refractivity (Wildman–Crippen MR) is 76.1 cm³/mol. The molecule has 2 atom stereocenters. The molecule has 0 aromatic carbocycles. The van der Waals surface area contributed by atoms with Crippen molar-refractivity contribution in [2.45, 2.75) is 26.3 Å². The summed E-state index contributed by atoms with van der Waals surface area (Å²) >= 11 is 0. The molecule has 1 aromatic heterocycles. The molecule has 10 heteroatoms. The quantitative estimate of drug-likeness (QED) is 0.494. The summed E-state index contributed by atoms with van der Waals surface area (Å²) in [4.78, 5) is 2.15. The van der Waals surface area contributed by atoms with Crippen molar-refractivity contribution in [1.29, 1.82) is 0 Å². The van der Waals surface area contributed by atoms with Crippen LogP contribution < -0.4 is 25.4 Å². The van der Waals surface area contributed by atoms with E-state index >= 15 is 0 Å². The summed E-state index contributed by atoms with van der Waals surface area (Å²) in [5.41, 5.74) is 12.3. The molecule has 2 heterocycles. The second kappa shape index (κ2) is 5.92. The fourth-order valence-corrected chi connectivity index (χ4v) is 2.78. The second-order valence-corrected chi connectivity index (χ2v) is 6.06. The minimum atomic E-state index is -4.68. The molecular weight excluding hydrogens is 300 g/mol. The Bertz CT molecular complexity index is 598. The number of anilines is 3. The van der Waals surface area contributed by atoms with Crippen molar-refractivity contribution in [3.8, 4) is 0 Å². The fraction of sp³-hybridized carbons (Fsp3) is 0.545. The van der Waals surface area contributed by atoms with Gasteiger partial charge in [0.15, 0.2) is 0 Å². The number of nitrogen functional groups attached to an aromatic ring is 2. The maximum Gasteiger partial charge on any atom is 0.476 e. The van der Waals surface area contributed by atoms with Crippen LogP contribution in [0.2, 0.25) is 0 Å². The molecule has 0 aliphatic carbocycles. The van der Waals surface area contributed by atoms with Crippen LogP contribution in [0.3, 0.4) is 0 Å². The molecule has 1 aliphatic rings. The van der Waals surface area contributed by atoms with Crippen molar-refractivity contribution in [3.63, 3.8) is 0 Å². The van der Waals surface area contributed by atoms with Crippen LogP contribution in [0, 0.1) is 5.92 Å². The largest absolute Gasteiger partial charge is 0.870 e. The van der Waals surface area contributed by atoms with Crippen molar-refractivity contribution in [2.24, 2.45) is 5.92 Å². The van der Waals surface area contributed by atoms with E-state index in [1.165, 1.54) is 0 Å². The number of pyridine rings is 1. The van der Waals surface area contributed by atoms with Crippen molar-refractivity contribution in [2.75, 3.05) is 22.9 Å². The van der Waals surface area contributed by atoms with Crippen molar-refractivity contribution in [3.05, 3.63) is 12.1 Å². The Morgan fingerprint density at radius 1 is 1.33 bits per heavy atom. The molecule has 21 heavy (non-hydrogen) atoms. The maximum absolute atomic E-state index is 10.7. The van der Waals surface area contributed by atoms with Crippen molar-refractivity contribution in [1.82, 2.24) is 0 Å². The summed E-state index contributed by atoms with van der Waals surface area (Å²) in [7, 11) is -4.68. The maximum atomic E-state index is 10.7. The number of hydrogen-bond acceptors (Lipinski definition) is 7. The molecule has 1 fully saturated rings. The molecule has 1 saturated heterocycles. The van der Waals surface area contributed by atoms with Gasteiger partial charge in [-0.2, -0.15) is 8.42 Å². The van der Waals surface area contributed by atoms with E-state index in [0.29, 0.717) is 16.7 Å². The average Bonchev–Trinajstić information content (AvgIpc) is 2.63. The van der Waals surface area contributed by atoms with Gasteiger partial charge in [-0.15, -0.1) is 0 Å². The molecule has 120 valence electrons. The van der Waals surface area contributed by atoms with Gasteiger partial charge in [0, 0.05) is 24.7 Å². The van der Waals surface area contributed by atoms with Gasteiger partial charge < -0.3 is 21.8 Å². The van der Waals surface area contributed by atoms with Gasteiger partial charge >= 0.3 is 10.4 Å². The van der Waals surface area contributed by atoms with Gasteiger partial charge in [0.05, 0.1) is 5.69 Å². The predicted octanol–water partition coefficient (Wildman–Crippen LogP) is -0.572. The molecule has 0 amide bonds. The summed E-state index contributed by atoms with van der Waals surface area (Å²) in [5.74, 6) is 0.535. The first-order chi connectivity index (χ1) is 9.19. The van der Waals surface area contributed by atoms with Crippen molar-refractivity contribution >= 4 is 27.7 Å². The third-order valence-electron chi connectivity index (χ3n) is 3.70. The zero-order valence-electron chi connectivity index (χ0n) is 11.8. The van der Waals surface area contributed by atoms with E-state index in [1.807, 2.05) is 0 Å². The SMILES string of the molecule is CC1CCN(c2cc(N)[n+](OS(=O)(=O)O)c(N)c2)C1C.[OH-]. The highest BCUT2D eigenvalue weighted by Gasteiger charge is 2.29. The summed E-state index contributed by atoms with van der Waals surface area (Å²) in [6.07, 6.45) is 1.07. The fourth-order valence-electron chi connectivity index (χ4n) is 2.42.